The molecular formula is C14H16O. The summed E-state index contributed by atoms with van der Waals surface area (Å²) in [5.41, 5.74) is 1.07. The fourth-order valence-corrected chi connectivity index (χ4v) is 1.77. The highest BCUT2D eigenvalue weighted by atomic mass is 16.5. The molecule has 0 N–H and O–H groups in total. The predicted molar refractivity (Wildman–Crippen MR) is 61.5 cm³/mol. The summed E-state index contributed by atoms with van der Waals surface area (Å²) < 4.78 is 5.80. The summed E-state index contributed by atoms with van der Waals surface area (Å²) >= 11 is 0. The Morgan fingerprint density at radius 1 is 1.27 bits per heavy atom. The Morgan fingerprint density at radius 3 is 2.60 bits per heavy atom. The molecule has 1 aromatic carbocycles. The molecule has 0 bridgehead atoms. The van der Waals surface area contributed by atoms with Gasteiger partial charge in [0.2, 0.25) is 0 Å². The molecule has 1 nitrogen and oxygen atoms in total. The van der Waals surface area contributed by atoms with Crippen molar-refractivity contribution in [1.82, 2.24) is 0 Å². The van der Waals surface area contributed by atoms with Crippen LogP contribution in [0.2, 0.25) is 0 Å². The largest absolute Gasteiger partial charge is 0.360 e. The van der Waals surface area contributed by atoms with Gasteiger partial charge >= 0.3 is 0 Å². The molecule has 0 saturated carbocycles. The van der Waals surface area contributed by atoms with Crippen LogP contribution in [-0.2, 0) is 4.74 Å². The van der Waals surface area contributed by atoms with Crippen molar-refractivity contribution in [3.63, 3.8) is 0 Å². The van der Waals surface area contributed by atoms with Gasteiger partial charge in [-0.3, -0.25) is 0 Å². The number of ether oxygens (including phenoxy) is 1. The molecule has 1 fully saturated rings. The molecule has 1 heterocycles. The van der Waals surface area contributed by atoms with Gasteiger partial charge in [-0.25, -0.2) is 0 Å². The van der Waals surface area contributed by atoms with Gasteiger partial charge in [-0.1, -0.05) is 30.0 Å². The minimum absolute atomic E-state index is 0.00995. The molecule has 1 saturated heterocycles. The van der Waals surface area contributed by atoms with E-state index in [0.29, 0.717) is 0 Å². The topological polar surface area (TPSA) is 9.23 Å². The summed E-state index contributed by atoms with van der Waals surface area (Å²) in [5.74, 6) is 6.33. The Balaban J connectivity index is 2.02. The van der Waals surface area contributed by atoms with Crippen molar-refractivity contribution in [3.05, 3.63) is 35.9 Å². The quantitative estimate of drug-likeness (QED) is 0.585. The van der Waals surface area contributed by atoms with Crippen LogP contribution in [0.15, 0.2) is 30.3 Å². The summed E-state index contributed by atoms with van der Waals surface area (Å²) in [7, 11) is 0. The van der Waals surface area contributed by atoms with Gasteiger partial charge in [0.05, 0.1) is 5.60 Å². The fourth-order valence-electron chi connectivity index (χ4n) is 1.77. The maximum Gasteiger partial charge on any atom is 0.119 e. The van der Waals surface area contributed by atoms with Crippen molar-refractivity contribution in [2.45, 2.75) is 38.4 Å². The third kappa shape index (κ3) is 2.84. The van der Waals surface area contributed by atoms with Gasteiger partial charge in [-0.05, 0) is 38.8 Å². The van der Waals surface area contributed by atoms with Gasteiger partial charge in [-0.15, -0.1) is 0 Å². The number of hydrogen-bond acceptors (Lipinski definition) is 1. The van der Waals surface area contributed by atoms with Crippen LogP contribution in [0.1, 0.15) is 32.3 Å². The van der Waals surface area contributed by atoms with Crippen molar-refractivity contribution in [2.75, 3.05) is 0 Å². The first-order chi connectivity index (χ1) is 7.16. The van der Waals surface area contributed by atoms with Crippen molar-refractivity contribution in [2.24, 2.45) is 0 Å². The molecule has 1 unspecified atom stereocenters. The Hall–Kier alpha value is -1.26. The van der Waals surface area contributed by atoms with Gasteiger partial charge in [-0.2, -0.15) is 0 Å². The third-order valence-corrected chi connectivity index (χ3v) is 2.62. The van der Waals surface area contributed by atoms with Crippen molar-refractivity contribution < 1.29 is 4.74 Å². The predicted octanol–water partition coefficient (Wildman–Crippen LogP) is 3.00. The molecule has 1 atom stereocenters. The molecule has 78 valence electrons. The Labute approximate surface area is 91.5 Å². The molecule has 15 heavy (non-hydrogen) atoms. The first kappa shape index (κ1) is 10.3. The zero-order chi connectivity index (χ0) is 10.7. The Morgan fingerprint density at radius 2 is 2.00 bits per heavy atom. The lowest BCUT2D eigenvalue weighted by Gasteiger charge is -2.16. The zero-order valence-corrected chi connectivity index (χ0v) is 9.29. The second-order valence-corrected chi connectivity index (χ2v) is 4.54. The van der Waals surface area contributed by atoms with E-state index in [0.717, 1.165) is 18.4 Å². The number of rotatable bonds is 0. The van der Waals surface area contributed by atoms with E-state index in [-0.39, 0.29) is 11.7 Å². The first-order valence-corrected chi connectivity index (χ1v) is 5.40. The molecular weight excluding hydrogens is 184 g/mol. The third-order valence-electron chi connectivity index (χ3n) is 2.62. The van der Waals surface area contributed by atoms with Crippen LogP contribution in [0.5, 0.6) is 0 Å². The molecule has 0 aliphatic carbocycles. The average Bonchev–Trinajstić information content (AvgIpc) is 2.57. The van der Waals surface area contributed by atoms with Crippen LogP contribution < -0.4 is 0 Å². The molecule has 1 aliphatic rings. The normalized spacial score (nSPS) is 23.2. The highest BCUT2D eigenvalue weighted by molar-refractivity contribution is 5.34. The molecule has 2 rings (SSSR count). The fraction of sp³-hybridized carbons (Fsp3) is 0.429. The van der Waals surface area contributed by atoms with Crippen LogP contribution in [0.25, 0.3) is 0 Å². The van der Waals surface area contributed by atoms with E-state index in [1.54, 1.807) is 0 Å². The lowest BCUT2D eigenvalue weighted by molar-refractivity contribution is 0.00903. The monoisotopic (exact) mass is 200 g/mol. The van der Waals surface area contributed by atoms with Gasteiger partial charge in [0.1, 0.15) is 6.10 Å². The zero-order valence-electron chi connectivity index (χ0n) is 9.29. The van der Waals surface area contributed by atoms with E-state index in [9.17, 15) is 0 Å². The molecule has 1 aliphatic heterocycles. The van der Waals surface area contributed by atoms with E-state index in [1.165, 1.54) is 0 Å². The van der Waals surface area contributed by atoms with E-state index in [2.05, 4.69) is 25.7 Å². The van der Waals surface area contributed by atoms with E-state index in [4.69, 9.17) is 4.74 Å². The molecule has 0 radical (unpaired) electrons. The summed E-state index contributed by atoms with van der Waals surface area (Å²) in [6, 6.07) is 10.0. The number of hydrogen-bond donors (Lipinski definition) is 0. The van der Waals surface area contributed by atoms with E-state index in [1.807, 2.05) is 30.3 Å². The van der Waals surface area contributed by atoms with Crippen LogP contribution >= 0.6 is 0 Å². The molecule has 0 spiro atoms. The van der Waals surface area contributed by atoms with Gasteiger partial charge in [0.15, 0.2) is 0 Å². The second kappa shape index (κ2) is 4.08. The molecule has 1 aromatic rings. The van der Waals surface area contributed by atoms with Crippen molar-refractivity contribution >= 4 is 0 Å². The van der Waals surface area contributed by atoms with E-state index >= 15 is 0 Å². The summed E-state index contributed by atoms with van der Waals surface area (Å²) in [6.07, 6.45) is 2.26. The molecule has 0 aromatic heterocycles. The minimum atomic E-state index is 0.00995. The highest BCUT2D eigenvalue weighted by Crippen LogP contribution is 2.28. The Bertz CT molecular complexity index is 381. The van der Waals surface area contributed by atoms with Crippen molar-refractivity contribution in [3.8, 4) is 11.8 Å². The van der Waals surface area contributed by atoms with Gasteiger partial charge < -0.3 is 4.74 Å². The first-order valence-electron chi connectivity index (χ1n) is 5.40. The Kier molecular flexibility index (Phi) is 2.79. The summed E-state index contributed by atoms with van der Waals surface area (Å²) in [5, 5.41) is 0. The SMILES string of the molecule is CC1(C)CCC(C#Cc2ccccc2)O1. The highest BCUT2D eigenvalue weighted by Gasteiger charge is 2.30. The minimum Gasteiger partial charge on any atom is -0.360 e. The lowest BCUT2D eigenvalue weighted by Crippen LogP contribution is -2.19. The van der Waals surface area contributed by atoms with Crippen LogP contribution in [-0.4, -0.2) is 11.7 Å². The average molecular weight is 200 g/mol. The van der Waals surface area contributed by atoms with Crippen molar-refractivity contribution in [1.29, 1.82) is 0 Å². The lowest BCUT2D eigenvalue weighted by atomic mass is 10.1. The van der Waals surface area contributed by atoms with Crippen LogP contribution in [0.4, 0.5) is 0 Å². The molecule has 1 heteroatoms. The second-order valence-electron chi connectivity index (χ2n) is 4.54. The molecule has 0 amide bonds. The standard InChI is InChI=1S/C14H16O/c1-14(2)11-10-13(15-14)9-8-12-6-4-3-5-7-12/h3-7,13H,10-11H2,1-2H3. The van der Waals surface area contributed by atoms with E-state index < -0.39 is 0 Å². The summed E-state index contributed by atoms with van der Waals surface area (Å²) in [6.45, 7) is 4.24. The van der Waals surface area contributed by atoms with Gasteiger partial charge in [0, 0.05) is 5.56 Å². The van der Waals surface area contributed by atoms with Crippen LogP contribution in [0.3, 0.4) is 0 Å². The summed E-state index contributed by atoms with van der Waals surface area (Å²) in [4.78, 5) is 0. The van der Waals surface area contributed by atoms with Gasteiger partial charge in [0.25, 0.3) is 0 Å². The number of benzene rings is 1. The maximum atomic E-state index is 5.80. The van der Waals surface area contributed by atoms with Crippen LogP contribution in [0, 0.1) is 11.8 Å². The maximum absolute atomic E-state index is 5.80. The smallest absolute Gasteiger partial charge is 0.119 e.